The van der Waals surface area contributed by atoms with E-state index in [4.69, 9.17) is 5.73 Å². The van der Waals surface area contributed by atoms with Crippen LogP contribution in [0.3, 0.4) is 0 Å². The Labute approximate surface area is 164 Å². The summed E-state index contributed by atoms with van der Waals surface area (Å²) in [6, 6.07) is 4.99. The summed E-state index contributed by atoms with van der Waals surface area (Å²) >= 11 is 0. The van der Waals surface area contributed by atoms with Gasteiger partial charge in [-0.2, -0.15) is 4.31 Å². The fourth-order valence-corrected chi connectivity index (χ4v) is 9.53. The van der Waals surface area contributed by atoms with Gasteiger partial charge in [0.15, 0.2) is 19.7 Å². The van der Waals surface area contributed by atoms with E-state index in [1.165, 1.54) is 22.5 Å². The number of primary amides is 1. The molecule has 1 atom stereocenters. The van der Waals surface area contributed by atoms with Crippen LogP contribution in [-0.4, -0.2) is 65.3 Å². The average Bonchev–Trinajstić information content (AvgIpc) is 3.02. The number of amides is 1. The SMILES string of the molecule is NC(=O)C1CCN(S(=O)(=O)c2cccc(S(=O)(=O)[C@@H]3CCS(=O)(=O)C3)c2)CC1. The first-order valence-electron chi connectivity index (χ1n) is 8.77. The predicted octanol–water partition coefficient (Wildman–Crippen LogP) is -0.467. The van der Waals surface area contributed by atoms with Crippen molar-refractivity contribution < 1.29 is 30.0 Å². The fraction of sp³-hybridized carbons (Fsp3) is 0.562. The molecule has 0 bridgehead atoms. The van der Waals surface area contributed by atoms with Crippen molar-refractivity contribution in [3.63, 3.8) is 0 Å². The van der Waals surface area contributed by atoms with E-state index in [1.807, 2.05) is 0 Å². The van der Waals surface area contributed by atoms with E-state index < -0.39 is 46.6 Å². The maximum Gasteiger partial charge on any atom is 0.243 e. The van der Waals surface area contributed by atoms with Gasteiger partial charge in [0, 0.05) is 19.0 Å². The molecule has 2 saturated heterocycles. The molecule has 2 aliphatic rings. The minimum atomic E-state index is -3.97. The first kappa shape index (κ1) is 21.2. The molecule has 0 saturated carbocycles. The van der Waals surface area contributed by atoms with E-state index in [0.29, 0.717) is 12.8 Å². The van der Waals surface area contributed by atoms with Crippen LogP contribution < -0.4 is 5.73 Å². The number of sulfone groups is 2. The van der Waals surface area contributed by atoms with Crippen LogP contribution >= 0.6 is 0 Å². The second-order valence-electron chi connectivity index (χ2n) is 7.13. The summed E-state index contributed by atoms with van der Waals surface area (Å²) in [6.07, 6.45) is 0.626. The van der Waals surface area contributed by atoms with Gasteiger partial charge in [-0.3, -0.25) is 4.79 Å². The van der Waals surface area contributed by atoms with E-state index >= 15 is 0 Å². The van der Waals surface area contributed by atoms with E-state index in [-0.39, 0.29) is 41.0 Å². The molecular formula is C16H22N2O7S3. The van der Waals surface area contributed by atoms with Crippen LogP contribution in [0.25, 0.3) is 0 Å². The van der Waals surface area contributed by atoms with Gasteiger partial charge >= 0.3 is 0 Å². The number of piperidine rings is 1. The summed E-state index contributed by atoms with van der Waals surface area (Å²) in [5.41, 5.74) is 5.26. The van der Waals surface area contributed by atoms with Crippen LogP contribution in [0.5, 0.6) is 0 Å². The van der Waals surface area contributed by atoms with Crippen LogP contribution in [-0.2, 0) is 34.5 Å². The second-order valence-corrected chi connectivity index (χ2v) is 13.5. The van der Waals surface area contributed by atoms with Crippen LogP contribution in [0.1, 0.15) is 19.3 Å². The molecule has 3 rings (SSSR count). The van der Waals surface area contributed by atoms with Crippen molar-refractivity contribution in [2.24, 2.45) is 11.7 Å². The molecule has 1 amide bonds. The molecule has 9 nitrogen and oxygen atoms in total. The Bertz CT molecular complexity index is 1090. The van der Waals surface area contributed by atoms with Crippen LogP contribution in [0.15, 0.2) is 34.1 Å². The van der Waals surface area contributed by atoms with E-state index in [1.54, 1.807) is 0 Å². The highest BCUT2D eigenvalue weighted by Gasteiger charge is 2.39. The molecule has 2 fully saturated rings. The average molecular weight is 451 g/mol. The van der Waals surface area contributed by atoms with Crippen LogP contribution in [0, 0.1) is 5.92 Å². The Morgan fingerprint density at radius 3 is 2.18 bits per heavy atom. The molecule has 0 spiro atoms. The van der Waals surface area contributed by atoms with Crippen molar-refractivity contribution >= 4 is 35.6 Å². The first-order chi connectivity index (χ1) is 12.9. The van der Waals surface area contributed by atoms with E-state index in [9.17, 15) is 30.0 Å². The summed E-state index contributed by atoms with van der Waals surface area (Å²) in [7, 11) is -11.3. The van der Waals surface area contributed by atoms with Crippen molar-refractivity contribution in [1.29, 1.82) is 0 Å². The molecule has 2 heterocycles. The summed E-state index contributed by atoms with van der Waals surface area (Å²) < 4.78 is 75.8. The van der Waals surface area contributed by atoms with Gasteiger partial charge in [-0.1, -0.05) is 6.07 Å². The minimum absolute atomic E-state index is 0.00226. The highest BCUT2D eigenvalue weighted by molar-refractivity contribution is 7.96. The van der Waals surface area contributed by atoms with Crippen molar-refractivity contribution in [2.75, 3.05) is 24.6 Å². The summed E-state index contributed by atoms with van der Waals surface area (Å²) in [6.45, 7) is 0.238. The smallest absolute Gasteiger partial charge is 0.243 e. The van der Waals surface area contributed by atoms with Crippen molar-refractivity contribution in [3.8, 4) is 0 Å². The molecule has 0 radical (unpaired) electrons. The fourth-order valence-electron chi connectivity index (χ4n) is 3.54. The first-order valence-corrected chi connectivity index (χ1v) is 13.6. The Hall–Kier alpha value is -1.50. The molecule has 156 valence electrons. The third-order valence-electron chi connectivity index (χ3n) is 5.26. The van der Waals surface area contributed by atoms with Crippen LogP contribution in [0.4, 0.5) is 0 Å². The van der Waals surface area contributed by atoms with Gasteiger partial charge in [-0.25, -0.2) is 25.3 Å². The molecule has 2 aliphatic heterocycles. The van der Waals surface area contributed by atoms with Crippen molar-refractivity contribution in [3.05, 3.63) is 24.3 Å². The Kier molecular flexibility index (Phi) is 5.60. The lowest BCUT2D eigenvalue weighted by atomic mass is 9.98. The standard InChI is InChI=1S/C16H22N2O7S3/c17-16(19)12-4-7-18(8-5-12)28(24,25)14-3-1-2-13(10-14)27(22,23)15-6-9-26(20,21)11-15/h1-3,10,12,15H,4-9,11H2,(H2,17,19)/t15-/m1/s1. The molecule has 0 aliphatic carbocycles. The third kappa shape index (κ3) is 4.09. The van der Waals surface area contributed by atoms with Gasteiger partial charge in [-0.05, 0) is 37.5 Å². The lowest BCUT2D eigenvalue weighted by Crippen LogP contribution is -2.41. The van der Waals surface area contributed by atoms with E-state index in [0.717, 1.165) is 6.07 Å². The van der Waals surface area contributed by atoms with Crippen LogP contribution in [0.2, 0.25) is 0 Å². The number of hydrogen-bond acceptors (Lipinski definition) is 7. The summed E-state index contributed by atoms with van der Waals surface area (Å²) in [5, 5.41) is -1.07. The third-order valence-corrected chi connectivity index (χ3v) is 11.3. The Morgan fingerprint density at radius 1 is 1.04 bits per heavy atom. The zero-order chi connectivity index (χ0) is 20.7. The van der Waals surface area contributed by atoms with Crippen molar-refractivity contribution in [2.45, 2.75) is 34.3 Å². The highest BCUT2D eigenvalue weighted by atomic mass is 32.2. The number of nitrogens with zero attached hydrogens (tertiary/aromatic N) is 1. The molecule has 0 unspecified atom stereocenters. The Balaban J connectivity index is 1.86. The maximum atomic E-state index is 12.9. The topological polar surface area (TPSA) is 149 Å². The summed E-state index contributed by atoms with van der Waals surface area (Å²) in [4.78, 5) is 10.9. The molecule has 12 heteroatoms. The molecule has 2 N–H and O–H groups in total. The van der Waals surface area contributed by atoms with Gasteiger partial charge < -0.3 is 5.73 Å². The lowest BCUT2D eigenvalue weighted by molar-refractivity contribution is -0.122. The second kappa shape index (κ2) is 7.39. The maximum absolute atomic E-state index is 12.9. The number of hydrogen-bond donors (Lipinski definition) is 1. The van der Waals surface area contributed by atoms with Crippen molar-refractivity contribution in [1.82, 2.24) is 4.31 Å². The van der Waals surface area contributed by atoms with Gasteiger partial charge in [0.1, 0.15) is 0 Å². The van der Waals surface area contributed by atoms with Gasteiger partial charge in [0.2, 0.25) is 15.9 Å². The number of carbonyl (C=O) groups is 1. The molecule has 1 aromatic carbocycles. The lowest BCUT2D eigenvalue weighted by Gasteiger charge is -2.29. The minimum Gasteiger partial charge on any atom is -0.369 e. The number of carbonyl (C=O) groups excluding carboxylic acids is 1. The zero-order valence-corrected chi connectivity index (χ0v) is 17.5. The van der Waals surface area contributed by atoms with E-state index in [2.05, 4.69) is 0 Å². The molecule has 1 aromatic rings. The molecule has 28 heavy (non-hydrogen) atoms. The number of rotatable bonds is 5. The highest BCUT2D eigenvalue weighted by Crippen LogP contribution is 2.29. The number of sulfonamides is 1. The van der Waals surface area contributed by atoms with Gasteiger partial charge in [0.05, 0.1) is 26.5 Å². The zero-order valence-electron chi connectivity index (χ0n) is 15.0. The van der Waals surface area contributed by atoms with Gasteiger partial charge in [0.25, 0.3) is 0 Å². The molecular weight excluding hydrogens is 428 g/mol. The summed E-state index contributed by atoms with van der Waals surface area (Å²) in [5.74, 6) is -1.48. The monoisotopic (exact) mass is 450 g/mol. The largest absolute Gasteiger partial charge is 0.369 e. The number of benzene rings is 1. The molecule has 0 aromatic heterocycles. The Morgan fingerprint density at radius 2 is 1.64 bits per heavy atom. The van der Waals surface area contributed by atoms with Gasteiger partial charge in [-0.15, -0.1) is 0 Å². The quantitative estimate of drug-likeness (QED) is 0.637. The normalized spacial score (nSPS) is 24.2. The predicted molar refractivity (Wildman–Crippen MR) is 101 cm³/mol. The number of nitrogens with two attached hydrogens (primary N) is 1.